The lowest BCUT2D eigenvalue weighted by atomic mass is 10.4. The molecule has 0 aliphatic rings. The van der Waals surface area contributed by atoms with Crippen LogP contribution in [0, 0.1) is 0 Å². The van der Waals surface area contributed by atoms with Crippen molar-refractivity contribution in [1.29, 1.82) is 0 Å². The maximum Gasteiger partial charge on any atom is 0.451 e. The van der Waals surface area contributed by atoms with E-state index in [4.69, 9.17) is 11.6 Å². The zero-order valence-electron chi connectivity index (χ0n) is 6.47. The standard InChI is InChI=1S/C7H2ClF3N2S/c8-4-3-1-2-14-5(3)13-6(12-4)7(9,10)11/h1-2H. The highest BCUT2D eigenvalue weighted by molar-refractivity contribution is 7.16. The van der Waals surface area contributed by atoms with Crippen LogP contribution in [-0.4, -0.2) is 9.97 Å². The first kappa shape index (κ1) is 9.67. The number of hydrogen-bond acceptors (Lipinski definition) is 3. The topological polar surface area (TPSA) is 25.8 Å². The summed E-state index contributed by atoms with van der Waals surface area (Å²) in [6.45, 7) is 0. The summed E-state index contributed by atoms with van der Waals surface area (Å²) in [6.07, 6.45) is -4.55. The highest BCUT2D eigenvalue weighted by atomic mass is 35.5. The molecule has 0 aliphatic carbocycles. The molecule has 74 valence electrons. The van der Waals surface area contributed by atoms with E-state index in [0.717, 1.165) is 11.3 Å². The second-order valence-electron chi connectivity index (χ2n) is 2.48. The molecule has 0 aromatic carbocycles. The van der Waals surface area contributed by atoms with Crippen molar-refractivity contribution in [2.24, 2.45) is 0 Å². The monoisotopic (exact) mass is 238 g/mol. The Labute approximate surface area is 85.4 Å². The summed E-state index contributed by atoms with van der Waals surface area (Å²) in [4.78, 5) is 6.79. The molecule has 0 bridgehead atoms. The average Bonchev–Trinajstić information content (AvgIpc) is 2.50. The van der Waals surface area contributed by atoms with Crippen molar-refractivity contribution >= 4 is 33.2 Å². The molecule has 2 heterocycles. The molecule has 0 N–H and O–H groups in total. The zero-order chi connectivity index (χ0) is 10.3. The Balaban J connectivity index is 2.70. The van der Waals surface area contributed by atoms with Crippen molar-refractivity contribution in [1.82, 2.24) is 9.97 Å². The molecule has 0 atom stereocenters. The fourth-order valence-corrected chi connectivity index (χ4v) is 2.00. The summed E-state index contributed by atoms with van der Waals surface area (Å²) in [7, 11) is 0. The van der Waals surface area contributed by atoms with Crippen molar-refractivity contribution in [2.45, 2.75) is 6.18 Å². The van der Waals surface area contributed by atoms with Crippen LogP contribution in [0.3, 0.4) is 0 Å². The van der Waals surface area contributed by atoms with E-state index in [1.165, 1.54) is 0 Å². The lowest BCUT2D eigenvalue weighted by Crippen LogP contribution is -2.10. The van der Waals surface area contributed by atoms with E-state index in [1.807, 2.05) is 0 Å². The third-order valence-electron chi connectivity index (χ3n) is 1.53. The van der Waals surface area contributed by atoms with Crippen LogP contribution in [0.25, 0.3) is 10.2 Å². The van der Waals surface area contributed by atoms with Crippen LogP contribution in [-0.2, 0) is 6.18 Å². The number of aromatic nitrogens is 2. The second-order valence-corrected chi connectivity index (χ2v) is 3.73. The van der Waals surface area contributed by atoms with Gasteiger partial charge in [0.15, 0.2) is 0 Å². The van der Waals surface area contributed by atoms with E-state index in [9.17, 15) is 13.2 Å². The zero-order valence-corrected chi connectivity index (χ0v) is 8.04. The van der Waals surface area contributed by atoms with E-state index in [1.54, 1.807) is 11.4 Å². The van der Waals surface area contributed by atoms with Crippen molar-refractivity contribution in [3.63, 3.8) is 0 Å². The normalized spacial score (nSPS) is 12.3. The molecule has 2 aromatic heterocycles. The Bertz CT molecular complexity index is 479. The molecule has 2 aromatic rings. The molecule has 0 spiro atoms. The van der Waals surface area contributed by atoms with E-state index in [-0.39, 0.29) is 9.98 Å². The largest absolute Gasteiger partial charge is 0.451 e. The predicted octanol–water partition coefficient (Wildman–Crippen LogP) is 3.36. The summed E-state index contributed by atoms with van der Waals surface area (Å²) in [5, 5.41) is 1.90. The van der Waals surface area contributed by atoms with Gasteiger partial charge in [0.25, 0.3) is 0 Å². The number of nitrogens with zero attached hydrogens (tertiary/aromatic N) is 2. The summed E-state index contributed by atoms with van der Waals surface area (Å²) < 4.78 is 36.7. The van der Waals surface area contributed by atoms with Crippen LogP contribution in [0.4, 0.5) is 13.2 Å². The summed E-state index contributed by atoms with van der Waals surface area (Å²) in [6, 6.07) is 1.59. The highest BCUT2D eigenvalue weighted by Crippen LogP contribution is 2.31. The predicted molar refractivity (Wildman–Crippen MR) is 47.4 cm³/mol. The van der Waals surface area contributed by atoms with E-state index in [0.29, 0.717) is 5.39 Å². The SMILES string of the molecule is FC(F)(F)c1nc(Cl)c2ccsc2n1. The molecule has 2 nitrogen and oxygen atoms in total. The molecule has 0 unspecified atom stereocenters. The number of fused-ring (bicyclic) bond motifs is 1. The minimum atomic E-state index is -4.55. The minimum absolute atomic E-state index is 0.163. The van der Waals surface area contributed by atoms with Gasteiger partial charge in [0.2, 0.25) is 5.82 Å². The third kappa shape index (κ3) is 1.55. The first-order valence-electron chi connectivity index (χ1n) is 3.46. The van der Waals surface area contributed by atoms with Crippen molar-refractivity contribution in [2.75, 3.05) is 0 Å². The van der Waals surface area contributed by atoms with Gasteiger partial charge in [-0.2, -0.15) is 13.2 Å². The third-order valence-corrected chi connectivity index (χ3v) is 2.63. The second kappa shape index (κ2) is 3.06. The number of rotatable bonds is 0. The van der Waals surface area contributed by atoms with Crippen LogP contribution in [0.2, 0.25) is 5.15 Å². The van der Waals surface area contributed by atoms with Crippen LogP contribution in [0.5, 0.6) is 0 Å². The van der Waals surface area contributed by atoms with Gasteiger partial charge >= 0.3 is 6.18 Å². The van der Waals surface area contributed by atoms with Gasteiger partial charge in [-0.05, 0) is 11.4 Å². The molecule has 0 aliphatic heterocycles. The Morgan fingerprint density at radius 3 is 2.64 bits per heavy atom. The van der Waals surface area contributed by atoms with Crippen molar-refractivity contribution in [3.8, 4) is 0 Å². The minimum Gasteiger partial charge on any atom is -0.213 e. The van der Waals surface area contributed by atoms with E-state index >= 15 is 0 Å². The lowest BCUT2D eigenvalue weighted by molar-refractivity contribution is -0.144. The van der Waals surface area contributed by atoms with E-state index < -0.39 is 12.0 Å². The van der Waals surface area contributed by atoms with Gasteiger partial charge in [-0.3, -0.25) is 0 Å². The smallest absolute Gasteiger partial charge is 0.213 e. The summed E-state index contributed by atoms with van der Waals surface area (Å²) in [5.74, 6) is -1.20. The summed E-state index contributed by atoms with van der Waals surface area (Å²) >= 11 is 6.66. The molecule has 0 fully saturated rings. The summed E-state index contributed by atoms with van der Waals surface area (Å²) in [5.41, 5.74) is 0. The first-order valence-corrected chi connectivity index (χ1v) is 4.72. The quantitative estimate of drug-likeness (QED) is 0.658. The molecule has 7 heteroatoms. The Hall–Kier alpha value is -0.880. The maximum atomic E-state index is 12.2. The van der Waals surface area contributed by atoms with Crippen LogP contribution in [0.1, 0.15) is 5.82 Å². The van der Waals surface area contributed by atoms with Gasteiger partial charge in [-0.25, -0.2) is 9.97 Å². The van der Waals surface area contributed by atoms with Gasteiger partial charge in [0.05, 0.1) is 0 Å². The average molecular weight is 239 g/mol. The van der Waals surface area contributed by atoms with Gasteiger partial charge in [0.1, 0.15) is 9.98 Å². The molecule has 0 radical (unpaired) electrons. The Morgan fingerprint density at radius 1 is 1.29 bits per heavy atom. The highest BCUT2D eigenvalue weighted by Gasteiger charge is 2.35. The fourth-order valence-electron chi connectivity index (χ4n) is 0.946. The molecule has 0 saturated carbocycles. The van der Waals surface area contributed by atoms with Gasteiger partial charge in [-0.15, -0.1) is 11.3 Å². The lowest BCUT2D eigenvalue weighted by Gasteiger charge is -2.04. The van der Waals surface area contributed by atoms with Crippen LogP contribution < -0.4 is 0 Å². The molecule has 0 amide bonds. The molecule has 14 heavy (non-hydrogen) atoms. The number of hydrogen-bond donors (Lipinski definition) is 0. The Kier molecular flexibility index (Phi) is 2.11. The molecular weight excluding hydrogens is 237 g/mol. The number of alkyl halides is 3. The van der Waals surface area contributed by atoms with Gasteiger partial charge in [0, 0.05) is 5.39 Å². The first-order chi connectivity index (χ1) is 6.48. The van der Waals surface area contributed by atoms with Gasteiger partial charge in [-0.1, -0.05) is 11.6 Å². The Morgan fingerprint density at radius 2 is 2.00 bits per heavy atom. The van der Waals surface area contributed by atoms with Crippen molar-refractivity contribution < 1.29 is 13.2 Å². The molecule has 0 saturated heterocycles. The van der Waals surface area contributed by atoms with Gasteiger partial charge < -0.3 is 0 Å². The molecule has 2 rings (SSSR count). The van der Waals surface area contributed by atoms with Crippen molar-refractivity contribution in [3.05, 3.63) is 22.4 Å². The number of thiophene rings is 1. The molecular formula is C7H2ClF3N2S. The fraction of sp³-hybridized carbons (Fsp3) is 0.143. The van der Waals surface area contributed by atoms with Crippen LogP contribution in [0.15, 0.2) is 11.4 Å². The van der Waals surface area contributed by atoms with Crippen LogP contribution >= 0.6 is 22.9 Å². The van der Waals surface area contributed by atoms with E-state index in [2.05, 4.69) is 9.97 Å². The number of halogens is 4. The maximum absolute atomic E-state index is 12.2.